The van der Waals surface area contributed by atoms with Crippen LogP contribution in [0.1, 0.15) is 24.2 Å². The summed E-state index contributed by atoms with van der Waals surface area (Å²) in [5, 5.41) is 6.47. The minimum absolute atomic E-state index is 0.184. The molecule has 2 aliphatic heterocycles. The average Bonchev–Trinajstić information content (AvgIpc) is 3.26. The molecule has 1 aromatic heterocycles. The van der Waals surface area contributed by atoms with Gasteiger partial charge >= 0.3 is 0 Å². The van der Waals surface area contributed by atoms with E-state index in [4.69, 9.17) is 4.52 Å². The van der Waals surface area contributed by atoms with Crippen molar-refractivity contribution in [2.24, 2.45) is 4.40 Å². The molecule has 1 atom stereocenters. The van der Waals surface area contributed by atoms with Crippen LogP contribution in [-0.4, -0.2) is 42.8 Å². The van der Waals surface area contributed by atoms with Crippen LogP contribution in [0.5, 0.6) is 0 Å². The number of aryl methyl sites for hydroxylation is 1. The predicted octanol–water partition coefficient (Wildman–Crippen LogP) is 1.54. The molecule has 4 rings (SSSR count). The Balaban J connectivity index is 1.63. The maximum atomic E-state index is 12.6. The predicted molar refractivity (Wildman–Crippen MR) is 89.8 cm³/mol. The van der Waals surface area contributed by atoms with Crippen LogP contribution in [-0.2, 0) is 14.8 Å². The van der Waals surface area contributed by atoms with Crippen molar-refractivity contribution in [1.29, 1.82) is 0 Å². The van der Waals surface area contributed by atoms with Gasteiger partial charge in [0.25, 0.3) is 10.0 Å². The summed E-state index contributed by atoms with van der Waals surface area (Å²) in [5.74, 6) is 1.02. The highest BCUT2D eigenvalue weighted by atomic mass is 32.2. The lowest BCUT2D eigenvalue weighted by Gasteiger charge is -2.25. The molecule has 2 aromatic rings. The van der Waals surface area contributed by atoms with Gasteiger partial charge in [-0.1, -0.05) is 17.3 Å². The maximum Gasteiger partial charge on any atom is 0.285 e. The normalized spacial score (nSPS) is 21.1. The van der Waals surface area contributed by atoms with Crippen LogP contribution in [0, 0.1) is 6.92 Å². The molecule has 0 spiro atoms. The fourth-order valence-corrected chi connectivity index (χ4v) is 4.44. The Morgan fingerprint density at radius 1 is 1.36 bits per heavy atom. The van der Waals surface area contributed by atoms with Gasteiger partial charge in [0.2, 0.25) is 5.91 Å². The number of hydrogen-bond donors (Lipinski definition) is 1. The average molecular weight is 360 g/mol. The van der Waals surface area contributed by atoms with Crippen molar-refractivity contribution in [2.45, 2.75) is 30.7 Å². The van der Waals surface area contributed by atoms with Crippen molar-refractivity contribution in [3.63, 3.8) is 0 Å². The molecule has 1 saturated heterocycles. The SMILES string of the molecule is Cc1cc(NC(=O)[C@H]2CCCN2C2=NS(=O)(=O)c3ccccc32)no1. The third-order valence-corrected chi connectivity index (χ3v) is 5.64. The van der Waals surface area contributed by atoms with Gasteiger partial charge in [-0.2, -0.15) is 8.42 Å². The van der Waals surface area contributed by atoms with Crippen LogP contribution in [0.2, 0.25) is 0 Å². The zero-order valence-corrected chi connectivity index (χ0v) is 14.3. The summed E-state index contributed by atoms with van der Waals surface area (Å²) in [6.07, 6.45) is 1.39. The molecule has 0 radical (unpaired) electrons. The van der Waals surface area contributed by atoms with Crippen molar-refractivity contribution in [1.82, 2.24) is 10.1 Å². The van der Waals surface area contributed by atoms with E-state index in [2.05, 4.69) is 14.9 Å². The second kappa shape index (κ2) is 5.69. The zero-order chi connectivity index (χ0) is 17.6. The summed E-state index contributed by atoms with van der Waals surface area (Å²) in [4.78, 5) is 14.6. The van der Waals surface area contributed by atoms with Crippen LogP contribution < -0.4 is 5.32 Å². The lowest BCUT2D eigenvalue weighted by Crippen LogP contribution is -2.43. The lowest BCUT2D eigenvalue weighted by atomic mass is 10.1. The van der Waals surface area contributed by atoms with Gasteiger partial charge in [-0.25, -0.2) is 0 Å². The summed E-state index contributed by atoms with van der Waals surface area (Å²) < 4.78 is 33.4. The first kappa shape index (κ1) is 15.8. The van der Waals surface area contributed by atoms with Crippen molar-refractivity contribution in [2.75, 3.05) is 11.9 Å². The van der Waals surface area contributed by atoms with E-state index >= 15 is 0 Å². The largest absolute Gasteiger partial charge is 0.360 e. The highest BCUT2D eigenvalue weighted by molar-refractivity contribution is 7.90. The van der Waals surface area contributed by atoms with Crippen LogP contribution in [0.3, 0.4) is 0 Å². The molecule has 9 heteroatoms. The molecule has 0 unspecified atom stereocenters. The smallest absolute Gasteiger partial charge is 0.285 e. The fourth-order valence-electron chi connectivity index (χ4n) is 3.22. The number of amides is 1. The molecule has 1 amide bonds. The quantitative estimate of drug-likeness (QED) is 0.871. The van der Waals surface area contributed by atoms with Gasteiger partial charge in [0.1, 0.15) is 16.7 Å². The molecule has 2 aliphatic rings. The molecule has 0 saturated carbocycles. The topological polar surface area (TPSA) is 105 Å². The number of benzene rings is 1. The van der Waals surface area contributed by atoms with Crippen molar-refractivity contribution in [3.05, 3.63) is 41.7 Å². The molecule has 1 aromatic carbocycles. The van der Waals surface area contributed by atoms with Gasteiger partial charge in [0.15, 0.2) is 11.7 Å². The molecule has 3 heterocycles. The summed E-state index contributed by atoms with van der Waals surface area (Å²) in [7, 11) is -3.71. The molecule has 1 N–H and O–H groups in total. The molecular formula is C16H16N4O4S. The number of carbonyl (C=O) groups is 1. The van der Waals surface area contributed by atoms with Crippen LogP contribution in [0.15, 0.2) is 44.1 Å². The second-order valence-corrected chi connectivity index (χ2v) is 7.62. The third kappa shape index (κ3) is 2.70. The van der Waals surface area contributed by atoms with E-state index in [9.17, 15) is 13.2 Å². The first-order valence-electron chi connectivity index (χ1n) is 7.91. The third-order valence-electron chi connectivity index (χ3n) is 4.32. The minimum Gasteiger partial charge on any atom is -0.360 e. The highest BCUT2D eigenvalue weighted by Gasteiger charge is 2.39. The van der Waals surface area contributed by atoms with Crippen molar-refractivity contribution < 1.29 is 17.7 Å². The van der Waals surface area contributed by atoms with E-state index in [0.717, 1.165) is 6.42 Å². The van der Waals surface area contributed by atoms with Gasteiger partial charge in [-0.05, 0) is 31.9 Å². The lowest BCUT2D eigenvalue weighted by molar-refractivity contribution is -0.119. The van der Waals surface area contributed by atoms with E-state index in [-0.39, 0.29) is 10.8 Å². The monoisotopic (exact) mass is 360 g/mol. The molecule has 130 valence electrons. The Morgan fingerprint density at radius 3 is 2.92 bits per heavy atom. The number of nitrogens with one attached hydrogen (secondary N) is 1. The summed E-state index contributed by atoms with van der Waals surface area (Å²) in [6.45, 7) is 2.30. The minimum atomic E-state index is -3.71. The van der Waals surface area contributed by atoms with Crippen LogP contribution >= 0.6 is 0 Å². The van der Waals surface area contributed by atoms with Crippen LogP contribution in [0.25, 0.3) is 0 Å². The fraction of sp³-hybridized carbons (Fsp3) is 0.312. The Kier molecular flexibility index (Phi) is 3.60. The molecular weight excluding hydrogens is 344 g/mol. The molecule has 0 aliphatic carbocycles. The number of likely N-dealkylation sites (tertiary alicyclic amines) is 1. The summed E-state index contributed by atoms with van der Waals surface area (Å²) >= 11 is 0. The Morgan fingerprint density at radius 2 is 2.16 bits per heavy atom. The Hall–Kier alpha value is -2.68. The number of sulfonamides is 1. The number of hydrogen-bond acceptors (Lipinski definition) is 6. The first-order chi connectivity index (χ1) is 12.0. The van der Waals surface area contributed by atoms with Gasteiger partial charge in [-0.3, -0.25) is 4.79 Å². The Bertz CT molecular complexity index is 980. The van der Waals surface area contributed by atoms with Gasteiger partial charge in [-0.15, -0.1) is 4.40 Å². The highest BCUT2D eigenvalue weighted by Crippen LogP contribution is 2.31. The van der Waals surface area contributed by atoms with Gasteiger partial charge < -0.3 is 14.7 Å². The van der Waals surface area contributed by atoms with Crippen LogP contribution in [0.4, 0.5) is 5.82 Å². The molecule has 0 bridgehead atoms. The van der Waals surface area contributed by atoms with E-state index in [1.54, 1.807) is 36.1 Å². The number of fused-ring (bicyclic) bond motifs is 1. The number of nitrogens with zero attached hydrogens (tertiary/aromatic N) is 3. The molecule has 25 heavy (non-hydrogen) atoms. The van der Waals surface area contributed by atoms with Gasteiger partial charge in [0, 0.05) is 18.2 Å². The number of carbonyl (C=O) groups excluding carboxylic acids is 1. The van der Waals surface area contributed by atoms with E-state index in [1.165, 1.54) is 6.07 Å². The number of amidine groups is 1. The van der Waals surface area contributed by atoms with E-state index < -0.39 is 16.1 Å². The van der Waals surface area contributed by atoms with Crippen molar-refractivity contribution >= 4 is 27.6 Å². The number of rotatable bonds is 2. The summed E-state index contributed by atoms with van der Waals surface area (Å²) in [5.41, 5.74) is 0.541. The van der Waals surface area contributed by atoms with E-state index in [1.807, 2.05) is 0 Å². The standard InChI is InChI=1S/C16H16N4O4S/c1-10-9-14(18-24-10)17-16(21)12-6-4-8-20(12)15-11-5-2-3-7-13(11)25(22,23)19-15/h2-3,5,7,9,12H,4,6,8H2,1H3,(H,17,18,21)/t12-/m1/s1. The zero-order valence-electron chi connectivity index (χ0n) is 13.5. The first-order valence-corrected chi connectivity index (χ1v) is 9.35. The summed E-state index contributed by atoms with van der Waals surface area (Å²) in [6, 6.07) is 7.80. The molecule has 1 fully saturated rings. The maximum absolute atomic E-state index is 12.6. The number of anilines is 1. The van der Waals surface area contributed by atoms with Gasteiger partial charge in [0.05, 0.1) is 0 Å². The van der Waals surface area contributed by atoms with E-state index in [0.29, 0.717) is 35.9 Å². The molecule has 8 nitrogen and oxygen atoms in total. The number of aromatic nitrogens is 1. The Labute approximate surface area is 144 Å². The van der Waals surface area contributed by atoms with Crippen molar-refractivity contribution in [3.8, 4) is 0 Å². The second-order valence-electron chi connectivity index (χ2n) is 6.05.